The number of ether oxygens (including phenoxy) is 1. The van der Waals surface area contributed by atoms with Crippen molar-refractivity contribution in [2.45, 2.75) is 46.3 Å². The van der Waals surface area contributed by atoms with Crippen LogP contribution in [0.5, 0.6) is 0 Å². The van der Waals surface area contributed by atoms with Crippen LogP contribution in [-0.2, 0) is 4.74 Å². The lowest BCUT2D eigenvalue weighted by molar-refractivity contribution is 0.0776. The van der Waals surface area contributed by atoms with Gasteiger partial charge in [0.2, 0.25) is 0 Å². The van der Waals surface area contributed by atoms with E-state index in [2.05, 4.69) is 29.5 Å². The molecule has 0 saturated heterocycles. The molecule has 15 heavy (non-hydrogen) atoms. The zero-order valence-corrected chi connectivity index (χ0v) is 10.6. The largest absolute Gasteiger partial charge is 0.379 e. The minimum absolute atomic E-state index is 0.318. The van der Waals surface area contributed by atoms with Crippen LogP contribution in [0.25, 0.3) is 0 Å². The molecule has 4 heteroatoms. The molecule has 0 unspecified atom stereocenters. The SMILES string of the molecule is CN=C(NCCCOC(C)C)NC(C)C. The monoisotopic (exact) mass is 215 g/mol. The minimum Gasteiger partial charge on any atom is -0.379 e. The van der Waals surface area contributed by atoms with Crippen molar-refractivity contribution in [2.24, 2.45) is 4.99 Å². The molecule has 0 aliphatic carbocycles. The Morgan fingerprint density at radius 1 is 1.27 bits per heavy atom. The summed E-state index contributed by atoms with van der Waals surface area (Å²) >= 11 is 0. The van der Waals surface area contributed by atoms with Crippen molar-refractivity contribution in [2.75, 3.05) is 20.2 Å². The lowest BCUT2D eigenvalue weighted by Gasteiger charge is -2.14. The Hall–Kier alpha value is -0.770. The highest BCUT2D eigenvalue weighted by Gasteiger charge is 1.99. The Morgan fingerprint density at radius 3 is 2.40 bits per heavy atom. The molecule has 0 aliphatic rings. The van der Waals surface area contributed by atoms with Gasteiger partial charge in [0.1, 0.15) is 0 Å². The van der Waals surface area contributed by atoms with E-state index in [0.717, 1.165) is 25.5 Å². The van der Waals surface area contributed by atoms with E-state index in [1.807, 2.05) is 13.8 Å². The van der Waals surface area contributed by atoms with Crippen LogP contribution in [0.15, 0.2) is 4.99 Å². The van der Waals surface area contributed by atoms with E-state index in [1.165, 1.54) is 0 Å². The quantitative estimate of drug-likeness (QED) is 0.400. The van der Waals surface area contributed by atoms with Crippen molar-refractivity contribution in [3.05, 3.63) is 0 Å². The first-order valence-corrected chi connectivity index (χ1v) is 5.65. The van der Waals surface area contributed by atoms with Crippen LogP contribution in [0.1, 0.15) is 34.1 Å². The Labute approximate surface area is 93.5 Å². The van der Waals surface area contributed by atoms with Gasteiger partial charge in [0.25, 0.3) is 0 Å². The van der Waals surface area contributed by atoms with Crippen LogP contribution >= 0.6 is 0 Å². The first kappa shape index (κ1) is 14.2. The molecule has 0 aliphatic heterocycles. The normalized spacial score (nSPS) is 12.3. The zero-order chi connectivity index (χ0) is 11.7. The highest BCUT2D eigenvalue weighted by Crippen LogP contribution is 1.89. The smallest absolute Gasteiger partial charge is 0.191 e. The van der Waals surface area contributed by atoms with Crippen molar-refractivity contribution < 1.29 is 4.74 Å². The van der Waals surface area contributed by atoms with Gasteiger partial charge in [-0.2, -0.15) is 0 Å². The van der Waals surface area contributed by atoms with Crippen molar-refractivity contribution in [1.29, 1.82) is 0 Å². The van der Waals surface area contributed by atoms with Gasteiger partial charge >= 0.3 is 0 Å². The molecule has 0 fully saturated rings. The maximum atomic E-state index is 5.44. The molecule has 0 atom stereocenters. The van der Waals surface area contributed by atoms with Crippen LogP contribution in [-0.4, -0.2) is 38.3 Å². The fourth-order valence-corrected chi connectivity index (χ4v) is 1.07. The molecule has 4 nitrogen and oxygen atoms in total. The highest BCUT2D eigenvalue weighted by atomic mass is 16.5. The lowest BCUT2D eigenvalue weighted by atomic mass is 10.4. The van der Waals surface area contributed by atoms with Gasteiger partial charge in [0, 0.05) is 26.2 Å². The molecular formula is C11H25N3O. The molecule has 0 radical (unpaired) electrons. The van der Waals surface area contributed by atoms with Gasteiger partial charge < -0.3 is 15.4 Å². The van der Waals surface area contributed by atoms with Gasteiger partial charge in [0.15, 0.2) is 5.96 Å². The summed E-state index contributed by atoms with van der Waals surface area (Å²) in [7, 11) is 1.78. The van der Waals surface area contributed by atoms with Gasteiger partial charge in [-0.1, -0.05) is 0 Å². The molecule has 0 heterocycles. The molecular weight excluding hydrogens is 190 g/mol. The van der Waals surface area contributed by atoms with Crippen LogP contribution in [0, 0.1) is 0 Å². The predicted octanol–water partition coefficient (Wildman–Crippen LogP) is 1.37. The summed E-state index contributed by atoms with van der Waals surface area (Å²) in [5.41, 5.74) is 0. The maximum absolute atomic E-state index is 5.44. The molecule has 0 bridgehead atoms. The highest BCUT2D eigenvalue weighted by molar-refractivity contribution is 5.79. The molecule has 0 rings (SSSR count). The van der Waals surface area contributed by atoms with E-state index in [9.17, 15) is 0 Å². The Bertz CT molecular complexity index is 179. The number of nitrogens with one attached hydrogen (secondary N) is 2. The summed E-state index contributed by atoms with van der Waals surface area (Å²) < 4.78 is 5.44. The molecule has 0 amide bonds. The second-order valence-electron chi connectivity index (χ2n) is 4.07. The third-order valence-electron chi connectivity index (χ3n) is 1.71. The minimum atomic E-state index is 0.318. The third-order valence-corrected chi connectivity index (χ3v) is 1.71. The molecule has 0 aromatic carbocycles. The third kappa shape index (κ3) is 9.53. The van der Waals surface area contributed by atoms with Gasteiger partial charge in [-0.3, -0.25) is 4.99 Å². The Balaban J connectivity index is 3.48. The summed E-state index contributed by atoms with van der Waals surface area (Å²) in [6, 6.07) is 0.406. The van der Waals surface area contributed by atoms with E-state index in [4.69, 9.17) is 4.74 Å². The van der Waals surface area contributed by atoms with Crippen molar-refractivity contribution >= 4 is 5.96 Å². The molecule has 90 valence electrons. The maximum Gasteiger partial charge on any atom is 0.191 e. The van der Waals surface area contributed by atoms with Gasteiger partial charge in [0.05, 0.1) is 6.10 Å². The summed E-state index contributed by atoms with van der Waals surface area (Å²) in [4.78, 5) is 4.11. The van der Waals surface area contributed by atoms with E-state index in [1.54, 1.807) is 7.05 Å². The topological polar surface area (TPSA) is 45.7 Å². The standard InChI is InChI=1S/C11H25N3O/c1-9(2)14-11(12-5)13-7-6-8-15-10(3)4/h9-10H,6-8H2,1-5H3,(H2,12,13,14). The second-order valence-corrected chi connectivity index (χ2v) is 4.07. The van der Waals surface area contributed by atoms with Crippen LogP contribution in [0.2, 0.25) is 0 Å². The van der Waals surface area contributed by atoms with Gasteiger partial charge in [-0.15, -0.1) is 0 Å². The summed E-state index contributed by atoms with van der Waals surface area (Å²) in [6.45, 7) is 9.96. The van der Waals surface area contributed by atoms with Crippen LogP contribution in [0.4, 0.5) is 0 Å². The van der Waals surface area contributed by atoms with E-state index < -0.39 is 0 Å². The van der Waals surface area contributed by atoms with Gasteiger partial charge in [-0.05, 0) is 34.1 Å². The van der Waals surface area contributed by atoms with Crippen LogP contribution < -0.4 is 10.6 Å². The Kier molecular flexibility index (Phi) is 8.09. The fraction of sp³-hybridized carbons (Fsp3) is 0.909. The van der Waals surface area contributed by atoms with Crippen molar-refractivity contribution in [3.8, 4) is 0 Å². The number of guanidine groups is 1. The zero-order valence-electron chi connectivity index (χ0n) is 10.6. The van der Waals surface area contributed by atoms with Gasteiger partial charge in [-0.25, -0.2) is 0 Å². The number of nitrogens with zero attached hydrogens (tertiary/aromatic N) is 1. The number of hydrogen-bond donors (Lipinski definition) is 2. The fourth-order valence-electron chi connectivity index (χ4n) is 1.07. The first-order chi connectivity index (χ1) is 7.06. The Morgan fingerprint density at radius 2 is 1.93 bits per heavy atom. The second kappa shape index (κ2) is 8.53. The summed E-state index contributed by atoms with van der Waals surface area (Å²) in [5.74, 6) is 0.856. The molecule has 2 N–H and O–H groups in total. The van der Waals surface area contributed by atoms with E-state index in [-0.39, 0.29) is 0 Å². The molecule has 0 saturated carbocycles. The predicted molar refractivity (Wildman–Crippen MR) is 65.3 cm³/mol. The average Bonchev–Trinajstić information content (AvgIpc) is 2.14. The summed E-state index contributed by atoms with van der Waals surface area (Å²) in [6.07, 6.45) is 1.31. The summed E-state index contributed by atoms with van der Waals surface area (Å²) in [5, 5.41) is 6.46. The molecule has 0 aromatic rings. The molecule has 0 aromatic heterocycles. The number of aliphatic imine (C=N–C) groups is 1. The van der Waals surface area contributed by atoms with Crippen LogP contribution in [0.3, 0.4) is 0 Å². The van der Waals surface area contributed by atoms with Crippen molar-refractivity contribution in [1.82, 2.24) is 10.6 Å². The van der Waals surface area contributed by atoms with Crippen molar-refractivity contribution in [3.63, 3.8) is 0 Å². The first-order valence-electron chi connectivity index (χ1n) is 5.65. The lowest BCUT2D eigenvalue weighted by Crippen LogP contribution is -2.41. The van der Waals surface area contributed by atoms with E-state index >= 15 is 0 Å². The number of hydrogen-bond acceptors (Lipinski definition) is 2. The number of rotatable bonds is 6. The average molecular weight is 215 g/mol. The van der Waals surface area contributed by atoms with E-state index in [0.29, 0.717) is 12.1 Å². The molecule has 0 spiro atoms.